The van der Waals surface area contributed by atoms with Crippen LogP contribution >= 0.6 is 12.4 Å². The lowest BCUT2D eigenvalue weighted by Gasteiger charge is -2.43. The lowest BCUT2D eigenvalue weighted by molar-refractivity contribution is -0.134. The Morgan fingerprint density at radius 3 is 2.19 bits per heavy atom. The number of halogens is 1. The van der Waals surface area contributed by atoms with Crippen LogP contribution in [0.1, 0.15) is 42.9 Å². The van der Waals surface area contributed by atoms with Gasteiger partial charge in [0.05, 0.1) is 34.9 Å². The van der Waals surface area contributed by atoms with Gasteiger partial charge in [-0.05, 0) is 80.1 Å². The molecular formula is C29H41ClN2O5. The minimum absolute atomic E-state index is 0. The Morgan fingerprint density at radius 1 is 0.865 bits per heavy atom. The summed E-state index contributed by atoms with van der Waals surface area (Å²) in [4.78, 5) is 18.1. The van der Waals surface area contributed by atoms with Crippen molar-refractivity contribution in [2.24, 2.45) is 0 Å². The number of nitrogens with zero attached hydrogens (tertiary/aromatic N) is 2. The van der Waals surface area contributed by atoms with Gasteiger partial charge in [0.2, 0.25) is 5.91 Å². The number of methoxy groups -OCH3 is 4. The average molecular weight is 533 g/mol. The molecule has 2 aliphatic heterocycles. The molecular weight excluding hydrogens is 492 g/mol. The fraction of sp³-hybridized carbons (Fsp3) is 0.552. The first-order valence-corrected chi connectivity index (χ1v) is 13.0. The first kappa shape index (κ1) is 28.9. The molecule has 8 heteroatoms. The zero-order valence-corrected chi connectivity index (χ0v) is 23.6. The molecule has 2 heterocycles. The Balaban J connectivity index is 0.00000380. The molecule has 0 aromatic heterocycles. The summed E-state index contributed by atoms with van der Waals surface area (Å²) >= 11 is 0. The summed E-state index contributed by atoms with van der Waals surface area (Å²) in [7, 11) is 6.62. The van der Waals surface area contributed by atoms with E-state index in [0.717, 1.165) is 61.7 Å². The first-order valence-electron chi connectivity index (χ1n) is 13.0. The molecule has 1 saturated heterocycles. The van der Waals surface area contributed by atoms with Crippen LogP contribution in [0.3, 0.4) is 0 Å². The molecule has 4 rings (SSSR count). The number of hydrogen-bond acceptors (Lipinski definition) is 6. The Hall–Kier alpha value is -2.64. The maximum absolute atomic E-state index is 13.4. The summed E-state index contributed by atoms with van der Waals surface area (Å²) in [5.74, 6) is 3.11. The molecule has 1 fully saturated rings. The molecule has 7 nitrogen and oxygen atoms in total. The Bertz CT molecular complexity index is 1060. The summed E-state index contributed by atoms with van der Waals surface area (Å²) in [5.41, 5.74) is 3.44. The van der Waals surface area contributed by atoms with Crippen molar-refractivity contribution in [1.29, 1.82) is 0 Å². The number of carbonyl (C=O) groups excluding carboxylic acids is 1. The molecule has 0 aliphatic carbocycles. The molecule has 2 aliphatic rings. The van der Waals surface area contributed by atoms with Gasteiger partial charge < -0.3 is 23.8 Å². The number of rotatable bonds is 9. The van der Waals surface area contributed by atoms with Crippen LogP contribution in [-0.2, 0) is 24.1 Å². The summed E-state index contributed by atoms with van der Waals surface area (Å²) in [6, 6.07) is 10.7. The number of carbonyl (C=O) groups is 1. The van der Waals surface area contributed by atoms with Crippen LogP contribution in [0.2, 0.25) is 0 Å². The third-order valence-electron chi connectivity index (χ3n) is 7.84. The number of likely N-dealkylation sites (tertiary alicyclic amines) is 1. The minimum Gasteiger partial charge on any atom is -0.493 e. The van der Waals surface area contributed by atoms with Crippen molar-refractivity contribution < 1.29 is 23.7 Å². The minimum atomic E-state index is 0. The first-order chi connectivity index (χ1) is 17.5. The van der Waals surface area contributed by atoms with Gasteiger partial charge >= 0.3 is 0 Å². The monoisotopic (exact) mass is 532 g/mol. The molecule has 0 bridgehead atoms. The highest BCUT2D eigenvalue weighted by molar-refractivity contribution is 5.85. The van der Waals surface area contributed by atoms with E-state index >= 15 is 0 Å². The second-order valence-corrected chi connectivity index (χ2v) is 9.77. The van der Waals surface area contributed by atoms with Crippen LogP contribution in [0.5, 0.6) is 23.0 Å². The van der Waals surface area contributed by atoms with E-state index < -0.39 is 0 Å². The van der Waals surface area contributed by atoms with E-state index in [1.165, 1.54) is 24.0 Å². The topological polar surface area (TPSA) is 60.5 Å². The largest absolute Gasteiger partial charge is 0.493 e. The van der Waals surface area contributed by atoms with Crippen molar-refractivity contribution in [3.05, 3.63) is 47.0 Å². The molecule has 2 unspecified atom stereocenters. The second-order valence-electron chi connectivity index (χ2n) is 9.77. The normalized spacial score (nSPS) is 18.8. The maximum Gasteiger partial charge on any atom is 0.227 e. The van der Waals surface area contributed by atoms with Crippen LogP contribution in [0.4, 0.5) is 0 Å². The number of hydrogen-bond donors (Lipinski definition) is 0. The summed E-state index contributed by atoms with van der Waals surface area (Å²) in [5, 5.41) is 0. The highest BCUT2D eigenvalue weighted by Gasteiger charge is 2.34. The van der Waals surface area contributed by atoms with Crippen LogP contribution in [0, 0.1) is 0 Å². The number of fused-ring (bicyclic) bond motifs is 1. The van der Waals surface area contributed by atoms with E-state index in [1.54, 1.807) is 28.4 Å². The van der Waals surface area contributed by atoms with Crippen molar-refractivity contribution in [2.45, 2.75) is 57.5 Å². The predicted molar refractivity (Wildman–Crippen MR) is 148 cm³/mol. The van der Waals surface area contributed by atoms with Gasteiger partial charge in [0.15, 0.2) is 23.0 Å². The molecule has 0 saturated carbocycles. The van der Waals surface area contributed by atoms with E-state index in [0.29, 0.717) is 18.2 Å². The van der Waals surface area contributed by atoms with E-state index in [4.69, 9.17) is 18.9 Å². The fourth-order valence-electron chi connectivity index (χ4n) is 5.78. The standard InChI is InChI=1S/C29H40N2O5.ClH/c1-20(31-15-12-22-17-27(35-4)28(36-5)18-23(22)19-29(31)32)24-8-6-7-13-30(24)14-11-21-9-10-25(33-2)26(16-21)34-3;/h9-10,16-18,20,24H,6-8,11-15,19H2,1-5H3;1H. The molecule has 2 atom stereocenters. The molecule has 204 valence electrons. The highest BCUT2D eigenvalue weighted by Crippen LogP contribution is 2.34. The van der Waals surface area contributed by atoms with Gasteiger partial charge in [0, 0.05) is 25.2 Å². The lowest BCUT2D eigenvalue weighted by atomic mass is 9.94. The van der Waals surface area contributed by atoms with Gasteiger partial charge in [-0.1, -0.05) is 12.5 Å². The number of ether oxygens (including phenoxy) is 4. The van der Waals surface area contributed by atoms with E-state index in [1.807, 2.05) is 18.2 Å². The maximum atomic E-state index is 13.4. The molecule has 0 spiro atoms. The lowest BCUT2D eigenvalue weighted by Crippen LogP contribution is -2.54. The van der Waals surface area contributed by atoms with Gasteiger partial charge in [-0.15, -0.1) is 12.4 Å². The smallest absolute Gasteiger partial charge is 0.227 e. The van der Waals surface area contributed by atoms with Crippen LogP contribution in [0.25, 0.3) is 0 Å². The third kappa shape index (κ3) is 6.44. The van der Waals surface area contributed by atoms with Crippen LogP contribution in [-0.4, -0.2) is 75.9 Å². The van der Waals surface area contributed by atoms with E-state index in [2.05, 4.69) is 28.9 Å². The van der Waals surface area contributed by atoms with Crippen molar-refractivity contribution in [2.75, 3.05) is 48.1 Å². The second kappa shape index (κ2) is 13.2. The molecule has 1 amide bonds. The zero-order valence-electron chi connectivity index (χ0n) is 22.7. The Labute approximate surface area is 227 Å². The fourth-order valence-corrected chi connectivity index (χ4v) is 5.78. The van der Waals surface area contributed by atoms with Gasteiger partial charge in [-0.25, -0.2) is 0 Å². The third-order valence-corrected chi connectivity index (χ3v) is 7.84. The highest BCUT2D eigenvalue weighted by atomic mass is 35.5. The van der Waals surface area contributed by atoms with Gasteiger partial charge in [0.25, 0.3) is 0 Å². The summed E-state index contributed by atoms with van der Waals surface area (Å²) in [6.07, 6.45) is 5.68. The quantitative estimate of drug-likeness (QED) is 0.472. The number of benzene rings is 2. The predicted octanol–water partition coefficient (Wildman–Crippen LogP) is 4.56. The Kier molecular flexibility index (Phi) is 10.4. The van der Waals surface area contributed by atoms with Gasteiger partial charge in [-0.2, -0.15) is 0 Å². The SMILES string of the molecule is COc1ccc(CCN2CCCCC2C(C)N2CCc3cc(OC)c(OC)cc3CC2=O)cc1OC.Cl. The number of amides is 1. The van der Waals surface area contributed by atoms with E-state index in [-0.39, 0.29) is 24.4 Å². The number of piperidine rings is 1. The van der Waals surface area contributed by atoms with Crippen molar-refractivity contribution >= 4 is 18.3 Å². The summed E-state index contributed by atoms with van der Waals surface area (Å²) in [6.45, 7) is 4.98. The Morgan fingerprint density at radius 2 is 1.51 bits per heavy atom. The molecule has 37 heavy (non-hydrogen) atoms. The molecule has 2 aromatic carbocycles. The van der Waals surface area contributed by atoms with E-state index in [9.17, 15) is 4.79 Å². The van der Waals surface area contributed by atoms with Crippen molar-refractivity contribution in [1.82, 2.24) is 9.80 Å². The molecule has 0 radical (unpaired) electrons. The van der Waals surface area contributed by atoms with Crippen molar-refractivity contribution in [3.63, 3.8) is 0 Å². The summed E-state index contributed by atoms with van der Waals surface area (Å²) < 4.78 is 21.9. The average Bonchev–Trinajstić information content (AvgIpc) is 3.07. The van der Waals surface area contributed by atoms with Crippen molar-refractivity contribution in [3.8, 4) is 23.0 Å². The van der Waals surface area contributed by atoms with Crippen LogP contribution in [0.15, 0.2) is 30.3 Å². The molecule has 0 N–H and O–H groups in total. The zero-order chi connectivity index (χ0) is 25.7. The molecule has 2 aromatic rings. The van der Waals surface area contributed by atoms with Crippen LogP contribution < -0.4 is 18.9 Å². The van der Waals surface area contributed by atoms with Gasteiger partial charge in [-0.3, -0.25) is 9.69 Å². The van der Waals surface area contributed by atoms with Gasteiger partial charge in [0.1, 0.15) is 0 Å².